The van der Waals surface area contributed by atoms with Gasteiger partial charge in [-0.25, -0.2) is 42.7 Å². The molecule has 2 amide bonds. The Bertz CT molecular complexity index is 3250. The summed E-state index contributed by atoms with van der Waals surface area (Å²) in [7, 11) is 2.71. The predicted octanol–water partition coefficient (Wildman–Crippen LogP) is 11.1. The summed E-state index contributed by atoms with van der Waals surface area (Å²) in [6, 6.07) is 14.3. The van der Waals surface area contributed by atoms with Crippen LogP contribution in [0.4, 0.5) is 9.59 Å². The number of halogens is 4. The van der Waals surface area contributed by atoms with Gasteiger partial charge in [0.15, 0.2) is 0 Å². The molecule has 2 aromatic heterocycles. The number of rotatable bonds is 14. The Kier molecular flexibility index (Phi) is 19.1. The highest BCUT2D eigenvalue weighted by Gasteiger charge is 2.39. The summed E-state index contributed by atoms with van der Waals surface area (Å²) in [6.45, 7) is 12.4. The molecule has 420 valence electrons. The Morgan fingerprint density at radius 2 is 1.00 bits per heavy atom. The second kappa shape index (κ2) is 24.8. The van der Waals surface area contributed by atoms with Gasteiger partial charge in [0.05, 0.1) is 65.8 Å². The third kappa shape index (κ3) is 14.6. The minimum Gasteiger partial charge on any atom is -0.495 e. The molecular formula is C55H66Cl4N8O10S. The lowest BCUT2D eigenvalue weighted by molar-refractivity contribution is 0.0215. The van der Waals surface area contributed by atoms with E-state index < -0.39 is 27.3 Å². The molecule has 4 atom stereocenters. The van der Waals surface area contributed by atoms with Crippen LogP contribution in [0, 0.1) is 11.8 Å². The molecule has 2 aliphatic heterocycles. The maximum absolute atomic E-state index is 12.9. The highest BCUT2D eigenvalue weighted by Crippen LogP contribution is 2.48. The molecule has 6 aromatic rings. The van der Waals surface area contributed by atoms with E-state index >= 15 is 0 Å². The van der Waals surface area contributed by atoms with Crippen molar-refractivity contribution in [3.8, 4) is 45.3 Å². The molecule has 2 saturated heterocycles. The molecule has 78 heavy (non-hydrogen) atoms. The van der Waals surface area contributed by atoms with Crippen LogP contribution in [-0.2, 0) is 32.3 Å². The van der Waals surface area contributed by atoms with Crippen LogP contribution >= 0.6 is 46.4 Å². The lowest BCUT2D eigenvalue weighted by Crippen LogP contribution is -2.45. The topological polar surface area (TPSA) is 220 Å². The third-order valence-corrected chi connectivity index (χ3v) is 15.2. The minimum absolute atomic E-state index is 0.0208. The number of carbonyl (C=O) groups excluding carboxylic acids is 2. The quantitative estimate of drug-likeness (QED) is 0.104. The third-order valence-electron chi connectivity index (χ3n) is 13.0. The molecule has 2 fully saturated rings. The van der Waals surface area contributed by atoms with Crippen molar-refractivity contribution < 1.29 is 46.4 Å². The smallest absolute Gasteiger partial charge is 0.410 e. The van der Waals surface area contributed by atoms with E-state index in [-0.39, 0.29) is 36.6 Å². The minimum atomic E-state index is -3.42. The number of aromatic nitrogens is 4. The van der Waals surface area contributed by atoms with E-state index in [1.165, 1.54) is 14.2 Å². The van der Waals surface area contributed by atoms with Gasteiger partial charge in [-0.3, -0.25) is 0 Å². The van der Waals surface area contributed by atoms with Crippen LogP contribution in [0.2, 0.25) is 20.1 Å². The first-order chi connectivity index (χ1) is 36.7. The van der Waals surface area contributed by atoms with Crippen molar-refractivity contribution in [2.24, 2.45) is 17.6 Å². The van der Waals surface area contributed by atoms with Gasteiger partial charge in [-0.1, -0.05) is 58.5 Å². The molecule has 2 aliphatic rings. The average molecular weight is 1170 g/mol. The molecule has 4 heterocycles. The maximum atomic E-state index is 12.9. The van der Waals surface area contributed by atoms with Gasteiger partial charge in [0.1, 0.15) is 45.8 Å². The molecule has 0 radical (unpaired) electrons. The van der Waals surface area contributed by atoms with Crippen molar-refractivity contribution in [1.29, 1.82) is 0 Å². The normalized spacial score (nSPS) is 17.7. The summed E-state index contributed by atoms with van der Waals surface area (Å²) in [4.78, 5) is 47.6. The lowest BCUT2D eigenvalue weighted by atomic mass is 10.0. The Balaban J connectivity index is 0.000000227. The van der Waals surface area contributed by atoms with E-state index in [1.807, 2.05) is 57.2 Å². The first-order valence-electron chi connectivity index (χ1n) is 25.1. The number of hydrogen-bond acceptors (Lipinski definition) is 15. The molecule has 18 nitrogen and oxygen atoms in total. The zero-order valence-electron chi connectivity index (χ0n) is 45.5. The number of ether oxygens (including phenoxy) is 6. The fourth-order valence-electron chi connectivity index (χ4n) is 9.52. The Morgan fingerprint density at radius 1 is 0.628 bits per heavy atom. The fourth-order valence-corrected chi connectivity index (χ4v) is 11.5. The first kappa shape index (κ1) is 60.0. The van der Waals surface area contributed by atoms with Crippen LogP contribution in [0.1, 0.15) is 66.0 Å². The molecule has 0 bridgehead atoms. The summed E-state index contributed by atoms with van der Waals surface area (Å²) in [5, 5.41) is 3.16. The zero-order valence-corrected chi connectivity index (χ0v) is 49.3. The SMILES string of the molecule is COc1cc(OC)c(Cl)c(-c2ccc3nc(C[C@H]4C[C@@H](CN)N(C(=O)OC(C)(C)C)C4)ncc3c2)c1Cl.COc1cc(OC)c(Cl)c(-c2ccc3nc(C[C@H]4C[C@@H](CNS(C)(=O)=O)N(C(=O)OC(C)(C)C)C4)ncc3c2)c1Cl. The largest absolute Gasteiger partial charge is 0.495 e. The summed E-state index contributed by atoms with van der Waals surface area (Å²) in [5.74, 6) is 3.37. The van der Waals surface area contributed by atoms with Gasteiger partial charge in [0.2, 0.25) is 10.0 Å². The number of fused-ring (bicyclic) bond motifs is 2. The number of likely N-dealkylation sites (tertiary alicyclic amines) is 2. The van der Waals surface area contributed by atoms with Crippen molar-refractivity contribution in [2.75, 3.05) is 60.9 Å². The van der Waals surface area contributed by atoms with Crippen LogP contribution in [0.15, 0.2) is 60.9 Å². The Morgan fingerprint density at radius 3 is 1.35 bits per heavy atom. The molecule has 23 heteroatoms. The van der Waals surface area contributed by atoms with Crippen molar-refractivity contribution in [3.05, 3.63) is 92.7 Å². The molecule has 0 unspecified atom stereocenters. The van der Waals surface area contributed by atoms with Crippen LogP contribution in [0.3, 0.4) is 0 Å². The number of carbonyl (C=O) groups is 2. The first-order valence-corrected chi connectivity index (χ1v) is 28.5. The standard InChI is InChI=1S/C28H34Cl2N4O6S.C27H32Cl2N4O4/c1-28(2,3)40-27(35)34-15-16(9-19(34)14-32-41(6,36)37)10-23-31-13-18-11-17(7-8-20(18)33-23)24-25(29)21(38-4)12-22(39-5)26(24)30;1-27(2,3)37-26(34)33-14-15(8-18(33)12-30)9-22-31-13-17-10-16(6-7-19(17)32-22)23-24(28)20(35-4)11-21(36-5)25(23)29/h7-8,11-13,16,19,32H,9-10,14-15H2,1-6H3;6-7,10-11,13,15,18H,8-9,12,14,30H2,1-5H3/t16-,19+;15-,18+/m11/s1. The van der Waals surface area contributed by atoms with Gasteiger partial charge < -0.3 is 44.0 Å². The molecule has 8 rings (SSSR count). The molecule has 0 spiro atoms. The highest BCUT2D eigenvalue weighted by molar-refractivity contribution is 7.88. The average Bonchev–Trinajstić information content (AvgIpc) is 4.08. The van der Waals surface area contributed by atoms with E-state index in [2.05, 4.69) is 14.7 Å². The van der Waals surface area contributed by atoms with Crippen molar-refractivity contribution >= 4 is 90.4 Å². The van der Waals surface area contributed by atoms with Gasteiger partial charge in [-0.2, -0.15) is 0 Å². The number of methoxy groups -OCH3 is 4. The molecule has 0 aliphatic carbocycles. The summed E-state index contributed by atoms with van der Waals surface area (Å²) >= 11 is 26.4. The second-order valence-electron chi connectivity index (χ2n) is 21.2. The number of benzene rings is 4. The van der Waals surface area contributed by atoms with E-state index in [9.17, 15) is 18.0 Å². The van der Waals surface area contributed by atoms with Gasteiger partial charge >= 0.3 is 12.2 Å². The predicted molar refractivity (Wildman–Crippen MR) is 305 cm³/mol. The summed E-state index contributed by atoms with van der Waals surface area (Å²) in [6.07, 6.45) is 6.34. The highest BCUT2D eigenvalue weighted by atomic mass is 35.5. The lowest BCUT2D eigenvalue weighted by Gasteiger charge is -2.28. The fraction of sp³-hybridized carbons (Fsp3) is 0.455. The molecular weight excluding hydrogens is 1110 g/mol. The van der Waals surface area contributed by atoms with Gasteiger partial charge in [-0.05, 0) is 102 Å². The van der Waals surface area contributed by atoms with Crippen molar-refractivity contribution in [2.45, 2.75) is 90.5 Å². The maximum Gasteiger partial charge on any atom is 0.410 e. The van der Waals surface area contributed by atoms with E-state index in [0.717, 1.165) is 45.6 Å². The van der Waals surface area contributed by atoms with Gasteiger partial charge in [0, 0.05) is 97.5 Å². The number of nitrogens with zero attached hydrogens (tertiary/aromatic N) is 6. The molecule has 3 N–H and O–H groups in total. The van der Waals surface area contributed by atoms with E-state index in [0.29, 0.717) is 105 Å². The van der Waals surface area contributed by atoms with Gasteiger partial charge in [0.25, 0.3) is 0 Å². The van der Waals surface area contributed by atoms with Crippen molar-refractivity contribution in [1.82, 2.24) is 34.5 Å². The second-order valence-corrected chi connectivity index (χ2v) is 24.6. The van der Waals surface area contributed by atoms with E-state index in [1.54, 1.807) is 69.3 Å². The Hall–Kier alpha value is -5.67. The number of hydrogen-bond donors (Lipinski definition) is 2. The zero-order chi connectivity index (χ0) is 57.0. The van der Waals surface area contributed by atoms with E-state index in [4.69, 9.17) is 90.5 Å². The summed E-state index contributed by atoms with van der Waals surface area (Å²) in [5.41, 5.74) is 9.02. The number of nitrogens with one attached hydrogen (secondary N) is 1. The van der Waals surface area contributed by atoms with Gasteiger partial charge in [-0.15, -0.1) is 0 Å². The van der Waals surface area contributed by atoms with Crippen LogP contribution in [0.25, 0.3) is 44.1 Å². The Labute approximate surface area is 475 Å². The van der Waals surface area contributed by atoms with Crippen LogP contribution in [-0.4, -0.2) is 134 Å². The number of sulfonamides is 1. The van der Waals surface area contributed by atoms with Crippen molar-refractivity contribution in [3.63, 3.8) is 0 Å². The monoisotopic (exact) mass is 1170 g/mol. The van der Waals surface area contributed by atoms with Crippen LogP contribution in [0.5, 0.6) is 23.0 Å². The number of amides is 2. The molecule has 4 aromatic carbocycles. The summed E-state index contributed by atoms with van der Waals surface area (Å²) < 4.78 is 58.7. The molecule has 0 saturated carbocycles. The number of nitrogens with two attached hydrogens (primary N) is 1. The van der Waals surface area contributed by atoms with Crippen LogP contribution < -0.4 is 29.4 Å².